The van der Waals surface area contributed by atoms with Crippen LogP contribution in [0.25, 0.3) is 10.8 Å². The van der Waals surface area contributed by atoms with Crippen molar-refractivity contribution in [2.24, 2.45) is 0 Å². The molecule has 0 unspecified atom stereocenters. The van der Waals surface area contributed by atoms with Gasteiger partial charge in [-0.1, -0.05) is 25.1 Å². The van der Waals surface area contributed by atoms with Crippen LogP contribution in [0.5, 0.6) is 0 Å². The third kappa shape index (κ3) is 4.20. The van der Waals surface area contributed by atoms with E-state index in [1.165, 1.54) is 4.68 Å². The Morgan fingerprint density at radius 2 is 1.79 bits per heavy atom. The van der Waals surface area contributed by atoms with Crippen molar-refractivity contribution in [3.8, 4) is 0 Å². The number of aromatic nitrogens is 2. The number of benzene rings is 1. The van der Waals surface area contributed by atoms with Gasteiger partial charge in [-0.3, -0.25) is 9.59 Å². The highest BCUT2D eigenvalue weighted by Crippen LogP contribution is 2.14. The van der Waals surface area contributed by atoms with Gasteiger partial charge in [0.05, 0.1) is 17.5 Å². The number of hydrogen-bond acceptors (Lipinski definition) is 4. The quantitative estimate of drug-likeness (QED) is 0.769. The standard InChI is InChI=1S/C18H26N4O2/c1-5-10-22-18(24)15-9-7-6-8-14(15)16(19-22)13-17(23)21(4)12-11-20(2)3/h6-9H,5,10-13H2,1-4H3. The van der Waals surface area contributed by atoms with Crippen LogP contribution in [-0.4, -0.2) is 59.7 Å². The molecule has 2 aromatic rings. The Morgan fingerprint density at radius 3 is 2.42 bits per heavy atom. The van der Waals surface area contributed by atoms with Gasteiger partial charge >= 0.3 is 0 Å². The van der Waals surface area contributed by atoms with E-state index in [4.69, 9.17) is 0 Å². The van der Waals surface area contributed by atoms with Gasteiger partial charge in [-0.05, 0) is 26.6 Å². The first-order valence-electron chi connectivity index (χ1n) is 8.31. The molecule has 0 aliphatic rings. The predicted octanol–water partition coefficient (Wildman–Crippen LogP) is 1.37. The Balaban J connectivity index is 2.32. The van der Waals surface area contributed by atoms with E-state index >= 15 is 0 Å². The van der Waals surface area contributed by atoms with Crippen LogP contribution in [0.4, 0.5) is 0 Å². The Hall–Kier alpha value is -2.21. The second kappa shape index (κ2) is 8.06. The van der Waals surface area contributed by atoms with Crippen molar-refractivity contribution in [2.45, 2.75) is 26.3 Å². The molecule has 0 saturated carbocycles. The van der Waals surface area contributed by atoms with Gasteiger partial charge in [0.25, 0.3) is 5.56 Å². The molecule has 2 rings (SSSR count). The van der Waals surface area contributed by atoms with Gasteiger partial charge in [0.1, 0.15) is 0 Å². The molecule has 1 aromatic heterocycles. The van der Waals surface area contributed by atoms with E-state index in [9.17, 15) is 9.59 Å². The molecule has 1 heterocycles. The molecule has 0 aliphatic heterocycles. The lowest BCUT2D eigenvalue weighted by atomic mass is 10.1. The third-order valence-corrected chi connectivity index (χ3v) is 4.01. The minimum Gasteiger partial charge on any atom is -0.344 e. The van der Waals surface area contributed by atoms with E-state index < -0.39 is 0 Å². The molecule has 0 aliphatic carbocycles. The molecular weight excluding hydrogens is 304 g/mol. The molecule has 0 spiro atoms. The van der Waals surface area contributed by atoms with Gasteiger partial charge in [-0.15, -0.1) is 0 Å². The molecule has 0 saturated heterocycles. The highest BCUT2D eigenvalue weighted by molar-refractivity contribution is 5.88. The lowest BCUT2D eigenvalue weighted by Gasteiger charge is -2.20. The maximum absolute atomic E-state index is 12.5. The van der Waals surface area contributed by atoms with Crippen molar-refractivity contribution in [2.75, 3.05) is 34.2 Å². The van der Waals surface area contributed by atoms with Crippen LogP contribution in [0.1, 0.15) is 19.0 Å². The highest BCUT2D eigenvalue weighted by Gasteiger charge is 2.16. The first kappa shape index (κ1) is 18.1. The summed E-state index contributed by atoms with van der Waals surface area (Å²) >= 11 is 0. The number of hydrogen-bond donors (Lipinski definition) is 0. The van der Waals surface area contributed by atoms with Crippen molar-refractivity contribution in [3.63, 3.8) is 0 Å². The van der Waals surface area contributed by atoms with E-state index in [0.717, 1.165) is 18.4 Å². The van der Waals surface area contributed by atoms with Gasteiger partial charge in [-0.2, -0.15) is 5.10 Å². The Labute approximate surface area is 142 Å². The van der Waals surface area contributed by atoms with Crippen LogP contribution >= 0.6 is 0 Å². The van der Waals surface area contributed by atoms with E-state index in [1.54, 1.807) is 18.0 Å². The van der Waals surface area contributed by atoms with E-state index in [-0.39, 0.29) is 17.9 Å². The second-order valence-corrected chi connectivity index (χ2v) is 6.32. The molecule has 1 amide bonds. The highest BCUT2D eigenvalue weighted by atomic mass is 16.2. The zero-order chi connectivity index (χ0) is 17.7. The first-order valence-corrected chi connectivity index (χ1v) is 8.31. The van der Waals surface area contributed by atoms with Crippen molar-refractivity contribution < 1.29 is 4.79 Å². The van der Waals surface area contributed by atoms with Crippen LogP contribution in [-0.2, 0) is 17.8 Å². The molecule has 0 bridgehead atoms. The number of nitrogens with zero attached hydrogens (tertiary/aromatic N) is 4. The van der Waals surface area contributed by atoms with Gasteiger partial charge in [0, 0.05) is 32.1 Å². The molecule has 0 fully saturated rings. The molecule has 24 heavy (non-hydrogen) atoms. The average Bonchev–Trinajstić information content (AvgIpc) is 2.56. The van der Waals surface area contributed by atoms with Crippen LogP contribution in [0.3, 0.4) is 0 Å². The smallest absolute Gasteiger partial charge is 0.274 e. The summed E-state index contributed by atoms with van der Waals surface area (Å²) in [7, 11) is 5.76. The SMILES string of the molecule is CCCn1nc(CC(=O)N(C)CCN(C)C)c2ccccc2c1=O. The Morgan fingerprint density at radius 1 is 1.12 bits per heavy atom. The van der Waals surface area contributed by atoms with Crippen LogP contribution in [0.15, 0.2) is 29.1 Å². The lowest BCUT2D eigenvalue weighted by molar-refractivity contribution is -0.129. The minimum absolute atomic E-state index is 0.0104. The number of fused-ring (bicyclic) bond motifs is 1. The summed E-state index contributed by atoms with van der Waals surface area (Å²) in [5.41, 5.74) is 0.574. The van der Waals surface area contributed by atoms with E-state index in [2.05, 4.69) is 5.10 Å². The molecular formula is C18H26N4O2. The monoisotopic (exact) mass is 330 g/mol. The Kier molecular flexibility index (Phi) is 6.09. The summed E-state index contributed by atoms with van der Waals surface area (Å²) < 4.78 is 1.48. The normalized spacial score (nSPS) is 11.2. The average molecular weight is 330 g/mol. The van der Waals surface area contributed by atoms with Crippen LogP contribution in [0.2, 0.25) is 0 Å². The van der Waals surface area contributed by atoms with Gasteiger partial charge in [0.2, 0.25) is 5.91 Å². The van der Waals surface area contributed by atoms with Gasteiger partial charge in [0.15, 0.2) is 0 Å². The molecule has 130 valence electrons. The molecule has 1 aromatic carbocycles. The fourth-order valence-corrected chi connectivity index (χ4v) is 2.55. The number of carbonyl (C=O) groups is 1. The summed E-state index contributed by atoms with van der Waals surface area (Å²) in [6, 6.07) is 7.38. The van der Waals surface area contributed by atoms with Gasteiger partial charge in [-0.25, -0.2) is 4.68 Å². The largest absolute Gasteiger partial charge is 0.344 e. The van der Waals surface area contributed by atoms with Gasteiger partial charge < -0.3 is 9.80 Å². The minimum atomic E-state index is -0.0930. The van der Waals surface area contributed by atoms with Crippen molar-refractivity contribution >= 4 is 16.7 Å². The first-order chi connectivity index (χ1) is 11.4. The third-order valence-electron chi connectivity index (χ3n) is 4.01. The zero-order valence-electron chi connectivity index (χ0n) is 15.0. The number of aryl methyl sites for hydroxylation is 1. The summed E-state index contributed by atoms with van der Waals surface area (Å²) in [5, 5.41) is 5.85. The number of amides is 1. The molecule has 0 N–H and O–H groups in total. The molecule has 0 atom stereocenters. The summed E-state index contributed by atoms with van der Waals surface area (Å²) in [5.74, 6) is 0.0104. The van der Waals surface area contributed by atoms with Crippen molar-refractivity contribution in [3.05, 3.63) is 40.3 Å². The maximum atomic E-state index is 12.5. The molecule has 6 nitrogen and oxygen atoms in total. The van der Waals surface area contributed by atoms with Crippen LogP contribution < -0.4 is 5.56 Å². The lowest BCUT2D eigenvalue weighted by Crippen LogP contribution is -2.35. The predicted molar refractivity (Wildman–Crippen MR) is 96.2 cm³/mol. The Bertz CT molecular complexity index is 767. The zero-order valence-corrected chi connectivity index (χ0v) is 15.0. The number of rotatable bonds is 7. The van der Waals surface area contributed by atoms with Crippen molar-refractivity contribution in [1.82, 2.24) is 19.6 Å². The maximum Gasteiger partial charge on any atom is 0.274 e. The second-order valence-electron chi connectivity index (χ2n) is 6.32. The van der Waals surface area contributed by atoms with E-state index in [1.807, 2.05) is 44.1 Å². The van der Waals surface area contributed by atoms with E-state index in [0.29, 0.717) is 24.2 Å². The fraction of sp³-hybridized carbons (Fsp3) is 0.500. The summed E-state index contributed by atoms with van der Waals surface area (Å²) in [4.78, 5) is 28.7. The molecule has 6 heteroatoms. The van der Waals surface area contributed by atoms with Crippen LogP contribution in [0, 0.1) is 0 Å². The summed E-state index contributed by atoms with van der Waals surface area (Å²) in [6.07, 6.45) is 1.02. The summed E-state index contributed by atoms with van der Waals surface area (Å²) in [6.45, 7) is 4.04. The number of carbonyl (C=O) groups excluding carboxylic acids is 1. The number of likely N-dealkylation sites (N-methyl/N-ethyl adjacent to an activating group) is 2. The topological polar surface area (TPSA) is 58.4 Å². The molecule has 0 radical (unpaired) electrons. The fourth-order valence-electron chi connectivity index (χ4n) is 2.55. The van der Waals surface area contributed by atoms with Crippen molar-refractivity contribution in [1.29, 1.82) is 0 Å².